The summed E-state index contributed by atoms with van der Waals surface area (Å²) in [6.45, 7) is 8.19. The third-order valence-corrected chi connectivity index (χ3v) is 3.68. The molecule has 1 heterocycles. The van der Waals surface area contributed by atoms with E-state index < -0.39 is 6.10 Å². The molecule has 0 radical (unpaired) electrons. The summed E-state index contributed by atoms with van der Waals surface area (Å²) >= 11 is 0. The lowest BCUT2D eigenvalue weighted by molar-refractivity contribution is -0.128. The molecule has 0 aliphatic carbocycles. The van der Waals surface area contributed by atoms with E-state index in [9.17, 15) is 9.90 Å². The molecule has 0 saturated heterocycles. The van der Waals surface area contributed by atoms with Crippen LogP contribution in [0.2, 0.25) is 0 Å². The van der Waals surface area contributed by atoms with Crippen molar-refractivity contribution in [1.29, 1.82) is 0 Å². The molecule has 4 heteroatoms. The van der Waals surface area contributed by atoms with Crippen LogP contribution in [-0.2, 0) is 17.8 Å². The Balaban J connectivity index is 2.40. The summed E-state index contributed by atoms with van der Waals surface area (Å²) in [5, 5.41) is 13.2. The van der Waals surface area contributed by atoms with Gasteiger partial charge >= 0.3 is 0 Å². The van der Waals surface area contributed by atoms with Gasteiger partial charge in [0.25, 0.3) is 0 Å². The molecule has 3 N–H and O–H groups in total. The highest BCUT2D eigenvalue weighted by Gasteiger charge is 2.13. The van der Waals surface area contributed by atoms with E-state index in [0.29, 0.717) is 6.54 Å². The maximum absolute atomic E-state index is 11.5. The van der Waals surface area contributed by atoms with Crippen LogP contribution in [0.4, 0.5) is 0 Å². The van der Waals surface area contributed by atoms with Gasteiger partial charge in [-0.25, -0.2) is 0 Å². The van der Waals surface area contributed by atoms with Crippen LogP contribution in [-0.4, -0.2) is 22.1 Å². The zero-order valence-electron chi connectivity index (χ0n) is 12.5. The number of aromatic amines is 1. The van der Waals surface area contributed by atoms with Crippen LogP contribution in [0.15, 0.2) is 12.1 Å². The van der Waals surface area contributed by atoms with Gasteiger partial charge in [0.15, 0.2) is 0 Å². The highest BCUT2D eigenvalue weighted by atomic mass is 16.3. The molecular formula is C16H22N2O2. The Morgan fingerprint density at radius 1 is 1.40 bits per heavy atom. The van der Waals surface area contributed by atoms with Gasteiger partial charge in [0.1, 0.15) is 6.10 Å². The maximum atomic E-state index is 11.5. The van der Waals surface area contributed by atoms with Crippen LogP contribution >= 0.6 is 0 Å². The molecule has 2 rings (SSSR count). The molecule has 0 aliphatic heterocycles. The van der Waals surface area contributed by atoms with Crippen LogP contribution in [0.1, 0.15) is 36.2 Å². The minimum Gasteiger partial charge on any atom is -0.384 e. The molecule has 4 nitrogen and oxygen atoms in total. The molecular weight excluding hydrogens is 252 g/mol. The average Bonchev–Trinajstić information content (AvgIpc) is 2.72. The number of fused-ring (bicyclic) bond motifs is 1. The topological polar surface area (TPSA) is 65.1 Å². The Kier molecular flexibility index (Phi) is 4.14. The van der Waals surface area contributed by atoms with Gasteiger partial charge in [-0.3, -0.25) is 4.79 Å². The minimum atomic E-state index is -0.980. The fourth-order valence-corrected chi connectivity index (χ4v) is 2.54. The number of amides is 1. The van der Waals surface area contributed by atoms with Crippen molar-refractivity contribution in [2.24, 2.45) is 0 Å². The Bertz CT molecular complexity index is 641. The normalized spacial score (nSPS) is 12.7. The molecule has 0 unspecified atom stereocenters. The highest BCUT2D eigenvalue weighted by Crippen LogP contribution is 2.26. The van der Waals surface area contributed by atoms with Crippen LogP contribution in [0.25, 0.3) is 10.9 Å². The van der Waals surface area contributed by atoms with Crippen molar-refractivity contribution in [3.05, 3.63) is 34.5 Å². The standard InChI is InChI=1S/C16H22N2O2/c1-5-14-10(3)13-7-9(2)6-12(15(13)18-14)8-17-16(20)11(4)19/h6-7,11,18-19H,5,8H2,1-4H3,(H,17,20)/t11-/m0/s1. The lowest BCUT2D eigenvalue weighted by atomic mass is 10.0. The molecule has 20 heavy (non-hydrogen) atoms. The molecule has 0 spiro atoms. The predicted octanol–water partition coefficient (Wildman–Crippen LogP) is 2.34. The lowest BCUT2D eigenvalue weighted by Gasteiger charge is -2.09. The van der Waals surface area contributed by atoms with E-state index in [4.69, 9.17) is 0 Å². The second kappa shape index (κ2) is 5.67. The first-order chi connectivity index (χ1) is 9.43. The zero-order valence-corrected chi connectivity index (χ0v) is 12.5. The molecule has 1 aromatic carbocycles. The van der Waals surface area contributed by atoms with Crippen LogP contribution in [0, 0.1) is 13.8 Å². The molecule has 1 atom stereocenters. The quantitative estimate of drug-likeness (QED) is 0.801. The number of aryl methyl sites for hydroxylation is 3. The van der Waals surface area contributed by atoms with Crippen LogP contribution < -0.4 is 5.32 Å². The Labute approximate surface area is 119 Å². The van der Waals surface area contributed by atoms with Crippen molar-refractivity contribution >= 4 is 16.8 Å². The summed E-state index contributed by atoms with van der Waals surface area (Å²) in [6, 6.07) is 4.24. The molecule has 2 aromatic rings. The second-order valence-electron chi connectivity index (χ2n) is 5.32. The van der Waals surface area contributed by atoms with Crippen molar-refractivity contribution in [3.8, 4) is 0 Å². The van der Waals surface area contributed by atoms with Crippen molar-refractivity contribution in [3.63, 3.8) is 0 Å². The monoisotopic (exact) mass is 274 g/mol. The zero-order chi connectivity index (χ0) is 14.9. The van der Waals surface area contributed by atoms with Crippen LogP contribution in [0.3, 0.4) is 0 Å². The van der Waals surface area contributed by atoms with Gasteiger partial charge in [-0.15, -0.1) is 0 Å². The lowest BCUT2D eigenvalue weighted by Crippen LogP contribution is -2.32. The van der Waals surface area contributed by atoms with E-state index in [-0.39, 0.29) is 5.91 Å². The number of hydrogen-bond donors (Lipinski definition) is 3. The van der Waals surface area contributed by atoms with E-state index in [1.807, 2.05) is 0 Å². The summed E-state index contributed by atoms with van der Waals surface area (Å²) < 4.78 is 0. The molecule has 1 amide bonds. The predicted molar refractivity (Wildman–Crippen MR) is 80.7 cm³/mol. The van der Waals surface area contributed by atoms with Crippen molar-refractivity contribution in [2.75, 3.05) is 0 Å². The number of carbonyl (C=O) groups is 1. The summed E-state index contributed by atoms with van der Waals surface area (Å²) in [4.78, 5) is 14.9. The van der Waals surface area contributed by atoms with E-state index in [0.717, 1.165) is 17.5 Å². The van der Waals surface area contributed by atoms with E-state index >= 15 is 0 Å². The number of aliphatic hydroxyl groups is 1. The Hall–Kier alpha value is -1.81. The highest BCUT2D eigenvalue weighted by molar-refractivity contribution is 5.88. The number of rotatable bonds is 4. The molecule has 0 fully saturated rings. The smallest absolute Gasteiger partial charge is 0.248 e. The van der Waals surface area contributed by atoms with Crippen molar-refractivity contribution in [1.82, 2.24) is 10.3 Å². The Morgan fingerprint density at radius 3 is 2.70 bits per heavy atom. The molecule has 1 aromatic heterocycles. The summed E-state index contributed by atoms with van der Waals surface area (Å²) in [7, 11) is 0. The van der Waals surface area contributed by atoms with Crippen molar-refractivity contribution in [2.45, 2.75) is 46.8 Å². The fourth-order valence-electron chi connectivity index (χ4n) is 2.54. The summed E-state index contributed by atoms with van der Waals surface area (Å²) in [6.07, 6.45) is -0.0224. The largest absolute Gasteiger partial charge is 0.384 e. The number of hydrogen-bond acceptors (Lipinski definition) is 2. The van der Waals surface area contributed by atoms with E-state index in [1.165, 1.54) is 29.1 Å². The first kappa shape index (κ1) is 14.6. The molecule has 0 bridgehead atoms. The van der Waals surface area contributed by atoms with Gasteiger partial charge < -0.3 is 15.4 Å². The van der Waals surface area contributed by atoms with Gasteiger partial charge in [-0.1, -0.05) is 18.6 Å². The van der Waals surface area contributed by atoms with Crippen LogP contribution in [0.5, 0.6) is 0 Å². The van der Waals surface area contributed by atoms with Crippen molar-refractivity contribution < 1.29 is 9.90 Å². The van der Waals surface area contributed by atoms with E-state index in [2.05, 4.69) is 43.2 Å². The summed E-state index contributed by atoms with van der Waals surface area (Å²) in [5.41, 5.74) is 5.80. The SMILES string of the molecule is CCc1[nH]c2c(CNC(=O)[C@H](C)O)cc(C)cc2c1C. The molecule has 0 saturated carbocycles. The summed E-state index contributed by atoms with van der Waals surface area (Å²) in [5.74, 6) is -0.348. The first-order valence-corrected chi connectivity index (χ1v) is 7.00. The third kappa shape index (κ3) is 2.70. The fraction of sp³-hybridized carbons (Fsp3) is 0.438. The number of nitrogens with one attached hydrogen (secondary N) is 2. The number of aromatic nitrogens is 1. The van der Waals surface area contributed by atoms with E-state index in [1.54, 1.807) is 0 Å². The molecule has 0 aliphatic rings. The average molecular weight is 274 g/mol. The van der Waals surface area contributed by atoms with Gasteiger partial charge in [-0.2, -0.15) is 0 Å². The number of H-pyrrole nitrogens is 1. The maximum Gasteiger partial charge on any atom is 0.248 e. The van der Waals surface area contributed by atoms with Gasteiger partial charge in [0.05, 0.1) is 5.52 Å². The first-order valence-electron chi connectivity index (χ1n) is 7.00. The number of benzene rings is 1. The third-order valence-electron chi connectivity index (χ3n) is 3.68. The number of carbonyl (C=O) groups excluding carboxylic acids is 1. The van der Waals surface area contributed by atoms with Gasteiger partial charge in [0.2, 0.25) is 5.91 Å². The Morgan fingerprint density at radius 2 is 2.10 bits per heavy atom. The minimum absolute atomic E-state index is 0.348. The van der Waals surface area contributed by atoms with Gasteiger partial charge in [-0.05, 0) is 44.4 Å². The van der Waals surface area contributed by atoms with Gasteiger partial charge in [0, 0.05) is 17.6 Å². The second-order valence-corrected chi connectivity index (χ2v) is 5.32. The number of aliphatic hydroxyl groups excluding tert-OH is 1. The molecule has 108 valence electrons.